The Bertz CT molecular complexity index is 293. The number of nitrogens with one attached hydrogen (secondary N) is 1. The summed E-state index contributed by atoms with van der Waals surface area (Å²) in [6.07, 6.45) is 5.31. The second kappa shape index (κ2) is 6.71. The van der Waals surface area contributed by atoms with Crippen molar-refractivity contribution >= 4 is 5.91 Å². The third kappa shape index (κ3) is 3.29. The van der Waals surface area contributed by atoms with Crippen molar-refractivity contribution in [3.8, 4) is 0 Å². The molecule has 4 nitrogen and oxygen atoms in total. The lowest BCUT2D eigenvalue weighted by Gasteiger charge is -2.42. The molecule has 2 heterocycles. The van der Waals surface area contributed by atoms with Crippen LogP contribution >= 0.6 is 0 Å². The van der Waals surface area contributed by atoms with Gasteiger partial charge in [0.2, 0.25) is 5.91 Å². The molecule has 19 heavy (non-hydrogen) atoms. The van der Waals surface area contributed by atoms with E-state index in [9.17, 15) is 4.79 Å². The highest BCUT2D eigenvalue weighted by molar-refractivity contribution is 5.83. The fraction of sp³-hybridized carbons (Fsp3) is 0.933. The number of piperidine rings is 2. The van der Waals surface area contributed by atoms with Crippen molar-refractivity contribution in [2.75, 3.05) is 39.9 Å². The van der Waals surface area contributed by atoms with Gasteiger partial charge in [-0.1, -0.05) is 6.92 Å². The maximum Gasteiger partial charge on any atom is 0.230 e. The maximum absolute atomic E-state index is 12.8. The minimum atomic E-state index is -0.133. The summed E-state index contributed by atoms with van der Waals surface area (Å²) >= 11 is 0. The first-order valence-electron chi connectivity index (χ1n) is 7.71. The van der Waals surface area contributed by atoms with Crippen molar-refractivity contribution in [2.24, 2.45) is 11.3 Å². The van der Waals surface area contributed by atoms with Crippen molar-refractivity contribution in [3.05, 3.63) is 0 Å². The molecule has 1 N–H and O–H groups in total. The fourth-order valence-corrected chi connectivity index (χ4v) is 3.48. The van der Waals surface area contributed by atoms with Gasteiger partial charge in [0.1, 0.15) is 0 Å². The van der Waals surface area contributed by atoms with Gasteiger partial charge in [0, 0.05) is 33.4 Å². The van der Waals surface area contributed by atoms with Gasteiger partial charge < -0.3 is 15.0 Å². The van der Waals surface area contributed by atoms with E-state index in [0.29, 0.717) is 11.8 Å². The number of hydrogen-bond acceptors (Lipinski definition) is 3. The summed E-state index contributed by atoms with van der Waals surface area (Å²) < 4.78 is 5.22. The lowest BCUT2D eigenvalue weighted by atomic mass is 9.76. The van der Waals surface area contributed by atoms with E-state index in [4.69, 9.17) is 4.74 Å². The number of methoxy groups -OCH3 is 1. The van der Waals surface area contributed by atoms with E-state index >= 15 is 0 Å². The molecule has 0 saturated carbocycles. The van der Waals surface area contributed by atoms with Gasteiger partial charge >= 0.3 is 0 Å². The van der Waals surface area contributed by atoms with Gasteiger partial charge in [-0.25, -0.2) is 0 Å². The van der Waals surface area contributed by atoms with Crippen LogP contribution in [0.15, 0.2) is 0 Å². The molecule has 0 aromatic heterocycles. The fourth-order valence-electron chi connectivity index (χ4n) is 3.48. The minimum absolute atomic E-state index is 0.133. The van der Waals surface area contributed by atoms with Gasteiger partial charge in [-0.05, 0) is 44.6 Å². The molecule has 2 rings (SSSR count). The molecule has 2 aliphatic heterocycles. The van der Waals surface area contributed by atoms with Crippen LogP contribution in [0, 0.1) is 11.3 Å². The second-order valence-corrected chi connectivity index (χ2v) is 6.11. The average molecular weight is 268 g/mol. The normalized spacial score (nSPS) is 29.5. The predicted octanol–water partition coefficient (Wildman–Crippen LogP) is 1.65. The summed E-state index contributed by atoms with van der Waals surface area (Å²) in [5.41, 5.74) is -0.133. The van der Waals surface area contributed by atoms with Crippen LogP contribution in [-0.4, -0.2) is 50.7 Å². The van der Waals surface area contributed by atoms with Crippen LogP contribution in [0.2, 0.25) is 0 Å². The quantitative estimate of drug-likeness (QED) is 0.843. The summed E-state index contributed by atoms with van der Waals surface area (Å²) in [4.78, 5) is 14.9. The maximum atomic E-state index is 12.8. The molecule has 1 atom stereocenters. The van der Waals surface area contributed by atoms with Crippen LogP contribution in [0.5, 0.6) is 0 Å². The highest BCUT2D eigenvalue weighted by Crippen LogP contribution is 2.33. The van der Waals surface area contributed by atoms with Crippen LogP contribution in [-0.2, 0) is 9.53 Å². The zero-order valence-corrected chi connectivity index (χ0v) is 12.4. The molecule has 2 aliphatic rings. The number of carbonyl (C=O) groups excluding carboxylic acids is 1. The lowest BCUT2D eigenvalue weighted by molar-refractivity contribution is -0.145. The molecule has 1 amide bonds. The van der Waals surface area contributed by atoms with E-state index in [-0.39, 0.29) is 5.41 Å². The first-order valence-corrected chi connectivity index (χ1v) is 7.71. The van der Waals surface area contributed by atoms with Crippen molar-refractivity contribution in [1.82, 2.24) is 10.2 Å². The Kier molecular flexibility index (Phi) is 5.22. The molecule has 2 saturated heterocycles. The summed E-state index contributed by atoms with van der Waals surface area (Å²) in [5, 5.41) is 3.41. The monoisotopic (exact) mass is 268 g/mol. The molecule has 0 spiro atoms. The summed E-state index contributed by atoms with van der Waals surface area (Å²) in [6, 6.07) is 0. The minimum Gasteiger partial charge on any atom is -0.384 e. The number of carbonyl (C=O) groups is 1. The number of amides is 1. The Labute approximate surface area is 116 Å². The van der Waals surface area contributed by atoms with Gasteiger partial charge in [0.15, 0.2) is 0 Å². The van der Waals surface area contributed by atoms with Crippen molar-refractivity contribution in [1.29, 1.82) is 0 Å². The van der Waals surface area contributed by atoms with Gasteiger partial charge in [0.05, 0.1) is 5.41 Å². The zero-order valence-electron chi connectivity index (χ0n) is 12.4. The third-order valence-electron chi connectivity index (χ3n) is 4.91. The SMILES string of the molecule is CCC1(C(=O)N2CCC(COC)CC2)CCCNC1. The number of nitrogens with zero attached hydrogens (tertiary/aromatic N) is 1. The molecule has 1 unspecified atom stereocenters. The Hall–Kier alpha value is -0.610. The Morgan fingerprint density at radius 1 is 1.42 bits per heavy atom. The Morgan fingerprint density at radius 2 is 2.16 bits per heavy atom. The zero-order chi connectivity index (χ0) is 13.7. The summed E-state index contributed by atoms with van der Waals surface area (Å²) in [6.45, 7) is 6.74. The van der Waals surface area contributed by atoms with Gasteiger partial charge in [0.25, 0.3) is 0 Å². The smallest absolute Gasteiger partial charge is 0.230 e. The highest BCUT2D eigenvalue weighted by Gasteiger charge is 2.41. The molecule has 0 radical (unpaired) electrons. The van der Waals surface area contributed by atoms with E-state index < -0.39 is 0 Å². The molecule has 110 valence electrons. The van der Waals surface area contributed by atoms with Crippen molar-refractivity contribution in [2.45, 2.75) is 39.0 Å². The number of hydrogen-bond donors (Lipinski definition) is 1. The van der Waals surface area contributed by atoms with Crippen LogP contribution in [0.3, 0.4) is 0 Å². The highest BCUT2D eigenvalue weighted by atomic mass is 16.5. The van der Waals surface area contributed by atoms with Crippen LogP contribution in [0.1, 0.15) is 39.0 Å². The van der Waals surface area contributed by atoms with Gasteiger partial charge in [-0.15, -0.1) is 0 Å². The topological polar surface area (TPSA) is 41.6 Å². The molecule has 4 heteroatoms. The Morgan fingerprint density at radius 3 is 2.68 bits per heavy atom. The molecule has 2 fully saturated rings. The van der Waals surface area contributed by atoms with E-state index in [1.165, 1.54) is 0 Å². The van der Waals surface area contributed by atoms with E-state index in [2.05, 4.69) is 17.1 Å². The first-order chi connectivity index (χ1) is 9.22. The first kappa shape index (κ1) is 14.8. The Balaban J connectivity index is 1.92. The standard InChI is InChI=1S/C15H28N2O2/c1-3-15(7-4-8-16-12-15)14(18)17-9-5-13(6-10-17)11-19-2/h13,16H,3-12H2,1-2H3. The van der Waals surface area contributed by atoms with Crippen molar-refractivity contribution < 1.29 is 9.53 Å². The van der Waals surface area contributed by atoms with Crippen molar-refractivity contribution in [3.63, 3.8) is 0 Å². The molecule has 0 aliphatic carbocycles. The van der Waals surface area contributed by atoms with E-state index in [1.807, 2.05) is 0 Å². The molecule has 0 bridgehead atoms. The molecular weight excluding hydrogens is 240 g/mol. The van der Waals surface area contributed by atoms with Crippen LogP contribution < -0.4 is 5.32 Å². The number of likely N-dealkylation sites (tertiary alicyclic amines) is 1. The summed E-state index contributed by atoms with van der Waals surface area (Å²) in [7, 11) is 1.76. The van der Waals surface area contributed by atoms with Gasteiger partial charge in [-0.3, -0.25) is 4.79 Å². The largest absolute Gasteiger partial charge is 0.384 e. The van der Waals surface area contributed by atoms with E-state index in [1.54, 1.807) is 7.11 Å². The van der Waals surface area contributed by atoms with Crippen LogP contribution in [0.4, 0.5) is 0 Å². The third-order valence-corrected chi connectivity index (χ3v) is 4.91. The summed E-state index contributed by atoms with van der Waals surface area (Å²) in [5.74, 6) is 1.02. The molecular formula is C15H28N2O2. The predicted molar refractivity (Wildman–Crippen MR) is 76.0 cm³/mol. The lowest BCUT2D eigenvalue weighted by Crippen LogP contribution is -2.53. The average Bonchev–Trinajstić information content (AvgIpc) is 2.48. The van der Waals surface area contributed by atoms with Crippen LogP contribution in [0.25, 0.3) is 0 Å². The molecule has 0 aromatic rings. The van der Waals surface area contributed by atoms with Gasteiger partial charge in [-0.2, -0.15) is 0 Å². The number of rotatable bonds is 4. The van der Waals surface area contributed by atoms with E-state index in [0.717, 1.165) is 64.9 Å². The second-order valence-electron chi connectivity index (χ2n) is 6.11. The molecule has 0 aromatic carbocycles. The number of ether oxygens (including phenoxy) is 1.